The van der Waals surface area contributed by atoms with Crippen LogP contribution in [0.3, 0.4) is 0 Å². The van der Waals surface area contributed by atoms with Crippen molar-refractivity contribution in [3.63, 3.8) is 0 Å². The largest absolute Gasteiger partial charge is 0.422 e. The molecular weight excluding hydrogens is 290 g/mol. The number of nitriles is 1. The zero-order chi connectivity index (χ0) is 16.6. The smallest absolute Gasteiger partial charge is 0.347 e. The molecule has 112 valence electrons. The molecule has 0 atom stereocenters. The number of hydrogen-bond acceptors (Lipinski definition) is 4. The molecule has 23 heavy (non-hydrogen) atoms. The van der Waals surface area contributed by atoms with E-state index in [-0.39, 0.29) is 11.3 Å². The van der Waals surface area contributed by atoms with Crippen molar-refractivity contribution in [2.24, 2.45) is 0 Å². The highest BCUT2D eigenvalue weighted by Crippen LogP contribution is 2.22. The predicted octanol–water partition coefficient (Wildman–Crippen LogP) is 3.51. The maximum atomic E-state index is 12.7. The van der Waals surface area contributed by atoms with Crippen molar-refractivity contribution in [3.05, 3.63) is 80.7 Å². The Morgan fingerprint density at radius 2 is 1.78 bits per heavy atom. The molecule has 0 fully saturated rings. The van der Waals surface area contributed by atoms with E-state index in [9.17, 15) is 9.59 Å². The lowest BCUT2D eigenvalue weighted by atomic mass is 9.97. The quantitative estimate of drug-likeness (QED) is 0.536. The van der Waals surface area contributed by atoms with Crippen molar-refractivity contribution in [3.8, 4) is 6.07 Å². The first-order valence-corrected chi connectivity index (χ1v) is 7.10. The average Bonchev–Trinajstić information content (AvgIpc) is 2.54. The van der Waals surface area contributed by atoms with E-state index in [1.54, 1.807) is 31.2 Å². The van der Waals surface area contributed by atoms with Gasteiger partial charge in [-0.05, 0) is 37.6 Å². The number of aryl methyl sites for hydroxylation is 2. The Labute approximate surface area is 132 Å². The third-order valence-electron chi connectivity index (χ3n) is 3.84. The first-order valence-electron chi connectivity index (χ1n) is 7.10. The van der Waals surface area contributed by atoms with Crippen molar-refractivity contribution in [1.82, 2.24) is 0 Å². The van der Waals surface area contributed by atoms with E-state index in [4.69, 9.17) is 9.68 Å². The van der Waals surface area contributed by atoms with Gasteiger partial charge >= 0.3 is 5.63 Å². The lowest BCUT2D eigenvalue weighted by Crippen LogP contribution is -2.17. The number of ketones is 1. The average molecular weight is 303 g/mol. The lowest BCUT2D eigenvalue weighted by Gasteiger charge is -2.07. The topological polar surface area (TPSA) is 71.1 Å². The molecule has 0 aliphatic heterocycles. The Hall–Kier alpha value is -3.19. The van der Waals surface area contributed by atoms with Crippen molar-refractivity contribution in [2.75, 3.05) is 0 Å². The molecule has 0 saturated heterocycles. The zero-order valence-corrected chi connectivity index (χ0v) is 12.7. The van der Waals surface area contributed by atoms with E-state index in [0.29, 0.717) is 27.7 Å². The third kappa shape index (κ3) is 2.53. The van der Waals surface area contributed by atoms with Crippen LogP contribution in [0.2, 0.25) is 0 Å². The standard InChI is InChI=1S/C19H13NO3/c1-11-3-6-14(7-4-11)18(21)17-12(2)15-8-5-13(10-20)9-16(15)23-19(17)22/h3-9H,1-2H3. The SMILES string of the molecule is Cc1ccc(C(=O)c2c(C)c3ccc(C#N)cc3oc2=O)cc1. The highest BCUT2D eigenvalue weighted by Gasteiger charge is 2.20. The van der Waals surface area contributed by atoms with Crippen molar-refractivity contribution < 1.29 is 9.21 Å². The van der Waals surface area contributed by atoms with Crippen LogP contribution in [0, 0.1) is 25.2 Å². The highest BCUT2D eigenvalue weighted by atomic mass is 16.4. The van der Waals surface area contributed by atoms with Crippen LogP contribution < -0.4 is 5.63 Å². The normalized spacial score (nSPS) is 10.5. The van der Waals surface area contributed by atoms with Gasteiger partial charge in [0.2, 0.25) is 5.78 Å². The Kier molecular flexibility index (Phi) is 3.55. The molecule has 0 N–H and O–H groups in total. The summed E-state index contributed by atoms with van der Waals surface area (Å²) in [5, 5.41) is 9.58. The maximum absolute atomic E-state index is 12.7. The van der Waals surface area contributed by atoms with Gasteiger partial charge in [0, 0.05) is 10.9 Å². The summed E-state index contributed by atoms with van der Waals surface area (Å²) >= 11 is 0. The monoisotopic (exact) mass is 303 g/mol. The minimum absolute atomic E-state index is 0.0334. The van der Waals surface area contributed by atoms with Gasteiger partial charge in [0.25, 0.3) is 0 Å². The molecule has 1 heterocycles. The summed E-state index contributed by atoms with van der Waals surface area (Å²) in [6.07, 6.45) is 0. The van der Waals surface area contributed by atoms with Crippen LogP contribution in [-0.4, -0.2) is 5.78 Å². The van der Waals surface area contributed by atoms with E-state index in [1.807, 2.05) is 25.1 Å². The van der Waals surface area contributed by atoms with Gasteiger partial charge < -0.3 is 4.42 Å². The molecule has 0 aliphatic rings. The molecular formula is C19H13NO3. The van der Waals surface area contributed by atoms with E-state index < -0.39 is 5.63 Å². The maximum Gasteiger partial charge on any atom is 0.347 e. The zero-order valence-electron chi connectivity index (χ0n) is 12.7. The summed E-state index contributed by atoms with van der Waals surface area (Å²) in [6, 6.07) is 13.9. The Bertz CT molecular complexity index is 1020. The van der Waals surface area contributed by atoms with Crippen molar-refractivity contribution in [1.29, 1.82) is 5.26 Å². The summed E-state index contributed by atoms with van der Waals surface area (Å²) in [7, 11) is 0. The number of carbonyl (C=O) groups is 1. The Balaban J connectivity index is 2.22. The van der Waals surface area contributed by atoms with Crippen LogP contribution in [0.25, 0.3) is 11.0 Å². The Morgan fingerprint density at radius 3 is 2.43 bits per heavy atom. The minimum Gasteiger partial charge on any atom is -0.422 e. The molecule has 0 bridgehead atoms. The van der Waals surface area contributed by atoms with Gasteiger partial charge in [-0.3, -0.25) is 4.79 Å². The molecule has 4 heteroatoms. The molecule has 2 aromatic carbocycles. The number of carbonyl (C=O) groups excluding carboxylic acids is 1. The van der Waals surface area contributed by atoms with Gasteiger partial charge in [0.1, 0.15) is 11.1 Å². The summed E-state index contributed by atoms with van der Waals surface area (Å²) in [6.45, 7) is 3.64. The number of rotatable bonds is 2. The summed E-state index contributed by atoms with van der Waals surface area (Å²) in [4.78, 5) is 24.9. The van der Waals surface area contributed by atoms with Crippen LogP contribution in [-0.2, 0) is 0 Å². The van der Waals surface area contributed by atoms with E-state index in [2.05, 4.69) is 0 Å². The summed E-state index contributed by atoms with van der Waals surface area (Å²) < 4.78 is 5.25. The number of nitrogens with zero attached hydrogens (tertiary/aromatic N) is 1. The summed E-state index contributed by atoms with van der Waals surface area (Å²) in [5.74, 6) is -0.359. The fourth-order valence-electron chi connectivity index (χ4n) is 2.54. The van der Waals surface area contributed by atoms with Crippen LogP contribution in [0.15, 0.2) is 51.7 Å². The number of fused-ring (bicyclic) bond motifs is 1. The van der Waals surface area contributed by atoms with Crippen LogP contribution >= 0.6 is 0 Å². The van der Waals surface area contributed by atoms with Crippen molar-refractivity contribution >= 4 is 16.8 Å². The first-order chi connectivity index (χ1) is 11.0. The lowest BCUT2D eigenvalue weighted by molar-refractivity contribution is 0.103. The molecule has 0 amide bonds. The second-order valence-electron chi connectivity index (χ2n) is 5.41. The third-order valence-corrected chi connectivity index (χ3v) is 3.84. The first kappa shape index (κ1) is 14.7. The number of hydrogen-bond donors (Lipinski definition) is 0. The van der Waals surface area contributed by atoms with Gasteiger partial charge in [-0.2, -0.15) is 5.26 Å². The van der Waals surface area contributed by atoms with E-state index >= 15 is 0 Å². The molecule has 0 radical (unpaired) electrons. The van der Waals surface area contributed by atoms with Crippen LogP contribution in [0.1, 0.15) is 32.6 Å². The molecule has 4 nitrogen and oxygen atoms in total. The second kappa shape index (κ2) is 5.54. The van der Waals surface area contributed by atoms with Crippen LogP contribution in [0.5, 0.6) is 0 Å². The highest BCUT2D eigenvalue weighted by molar-refractivity contribution is 6.11. The minimum atomic E-state index is -0.685. The molecule has 0 aliphatic carbocycles. The molecule has 3 aromatic rings. The number of benzene rings is 2. The predicted molar refractivity (Wildman–Crippen MR) is 86.5 cm³/mol. The summed E-state index contributed by atoms with van der Waals surface area (Å²) in [5.41, 5.74) is 2.10. The second-order valence-corrected chi connectivity index (χ2v) is 5.41. The molecule has 1 aromatic heterocycles. The molecule has 0 saturated carbocycles. The van der Waals surface area contributed by atoms with Gasteiger partial charge in [-0.25, -0.2) is 4.79 Å². The van der Waals surface area contributed by atoms with E-state index in [1.165, 1.54) is 6.07 Å². The van der Waals surface area contributed by atoms with Crippen LogP contribution in [0.4, 0.5) is 0 Å². The van der Waals surface area contributed by atoms with Gasteiger partial charge in [-0.15, -0.1) is 0 Å². The van der Waals surface area contributed by atoms with Gasteiger partial charge in [0.15, 0.2) is 0 Å². The van der Waals surface area contributed by atoms with Gasteiger partial charge in [-0.1, -0.05) is 29.8 Å². The molecule has 3 rings (SSSR count). The fraction of sp³-hybridized carbons (Fsp3) is 0.105. The van der Waals surface area contributed by atoms with E-state index in [0.717, 1.165) is 5.56 Å². The fourth-order valence-corrected chi connectivity index (χ4v) is 2.54. The molecule has 0 spiro atoms. The van der Waals surface area contributed by atoms with Crippen molar-refractivity contribution in [2.45, 2.75) is 13.8 Å². The van der Waals surface area contributed by atoms with Gasteiger partial charge in [0.05, 0.1) is 11.6 Å². The Morgan fingerprint density at radius 1 is 1.09 bits per heavy atom. The molecule has 0 unspecified atom stereocenters.